The van der Waals surface area contributed by atoms with Crippen molar-refractivity contribution in [3.63, 3.8) is 0 Å². The minimum atomic E-state index is -1.24. The number of nitrogens with one attached hydrogen (secondary N) is 3. The highest BCUT2D eigenvalue weighted by molar-refractivity contribution is 5.95. The SMILES string of the molecule is CC(C)C[C@H](NC(=O)OCc1ccccc1)C(=O)N[C@@H](CC(C)C)C(=O)C1NN(Cc2ccccc2)C(=O)O1. The van der Waals surface area contributed by atoms with E-state index in [4.69, 9.17) is 9.47 Å². The number of hydrogen-bond acceptors (Lipinski definition) is 7. The van der Waals surface area contributed by atoms with Crippen LogP contribution in [0.1, 0.15) is 51.7 Å². The molecular weight excluding hydrogens is 500 g/mol. The van der Waals surface area contributed by atoms with E-state index in [0.29, 0.717) is 12.8 Å². The van der Waals surface area contributed by atoms with Gasteiger partial charge in [-0.2, -0.15) is 5.43 Å². The molecule has 3 rings (SSSR count). The molecule has 3 amide bonds. The van der Waals surface area contributed by atoms with E-state index in [9.17, 15) is 19.2 Å². The van der Waals surface area contributed by atoms with Crippen LogP contribution < -0.4 is 16.1 Å². The summed E-state index contributed by atoms with van der Waals surface area (Å²) >= 11 is 0. The van der Waals surface area contributed by atoms with Crippen LogP contribution in [-0.4, -0.2) is 47.2 Å². The lowest BCUT2D eigenvalue weighted by Crippen LogP contribution is -2.55. The Bertz CT molecular complexity index is 1110. The smallest absolute Gasteiger partial charge is 0.426 e. The zero-order valence-corrected chi connectivity index (χ0v) is 22.9. The maximum atomic E-state index is 13.4. The fourth-order valence-electron chi connectivity index (χ4n) is 4.17. The summed E-state index contributed by atoms with van der Waals surface area (Å²) < 4.78 is 10.6. The first kappa shape index (κ1) is 29.6. The van der Waals surface area contributed by atoms with Crippen molar-refractivity contribution >= 4 is 23.9 Å². The maximum Gasteiger partial charge on any atom is 0.426 e. The third-order valence-corrected chi connectivity index (χ3v) is 6.05. The Morgan fingerprint density at radius 2 is 1.44 bits per heavy atom. The quantitative estimate of drug-likeness (QED) is 0.353. The highest BCUT2D eigenvalue weighted by atomic mass is 16.6. The fraction of sp³-hybridized carbons (Fsp3) is 0.448. The van der Waals surface area contributed by atoms with Crippen LogP contribution in [0, 0.1) is 11.8 Å². The molecule has 1 aliphatic rings. The van der Waals surface area contributed by atoms with Crippen molar-refractivity contribution in [1.29, 1.82) is 0 Å². The van der Waals surface area contributed by atoms with Crippen LogP contribution >= 0.6 is 0 Å². The van der Waals surface area contributed by atoms with Crippen molar-refractivity contribution in [2.75, 3.05) is 0 Å². The molecule has 2 aromatic carbocycles. The Hall–Kier alpha value is -3.92. The zero-order valence-electron chi connectivity index (χ0n) is 22.9. The number of nitrogens with zero attached hydrogens (tertiary/aromatic N) is 1. The number of rotatable bonds is 13. The topological polar surface area (TPSA) is 126 Å². The first-order chi connectivity index (χ1) is 18.6. The number of carbonyl (C=O) groups excluding carboxylic acids is 4. The second-order valence-corrected chi connectivity index (χ2v) is 10.4. The normalized spacial score (nSPS) is 16.5. The monoisotopic (exact) mass is 538 g/mol. The van der Waals surface area contributed by atoms with Gasteiger partial charge in [-0.25, -0.2) is 14.6 Å². The molecule has 2 aromatic rings. The molecule has 0 aromatic heterocycles. The van der Waals surface area contributed by atoms with Gasteiger partial charge in [0.05, 0.1) is 12.6 Å². The number of ketones is 1. The van der Waals surface area contributed by atoms with E-state index in [0.717, 1.165) is 11.1 Å². The predicted molar refractivity (Wildman–Crippen MR) is 145 cm³/mol. The van der Waals surface area contributed by atoms with Crippen LogP contribution in [0.15, 0.2) is 60.7 Å². The molecule has 1 saturated heterocycles. The largest absolute Gasteiger partial charge is 0.445 e. The summed E-state index contributed by atoms with van der Waals surface area (Å²) in [5.41, 5.74) is 4.50. The lowest BCUT2D eigenvalue weighted by molar-refractivity contribution is -0.134. The van der Waals surface area contributed by atoms with E-state index in [-0.39, 0.29) is 25.0 Å². The summed E-state index contributed by atoms with van der Waals surface area (Å²) in [7, 11) is 0. The van der Waals surface area contributed by atoms with Gasteiger partial charge in [0.1, 0.15) is 12.6 Å². The van der Waals surface area contributed by atoms with E-state index in [1.54, 1.807) is 0 Å². The molecule has 210 valence electrons. The zero-order chi connectivity index (χ0) is 28.4. The number of cyclic esters (lactones) is 1. The van der Waals surface area contributed by atoms with Crippen LogP contribution in [0.5, 0.6) is 0 Å². The number of benzene rings is 2. The van der Waals surface area contributed by atoms with Crippen molar-refractivity contribution in [3.8, 4) is 0 Å². The van der Waals surface area contributed by atoms with Gasteiger partial charge in [-0.15, -0.1) is 0 Å². The van der Waals surface area contributed by atoms with Gasteiger partial charge in [-0.1, -0.05) is 88.4 Å². The summed E-state index contributed by atoms with van der Waals surface area (Å²) in [5.74, 6) is -0.844. The van der Waals surface area contributed by atoms with Gasteiger partial charge in [0.25, 0.3) is 0 Å². The molecule has 1 heterocycles. The van der Waals surface area contributed by atoms with Crippen molar-refractivity contribution in [2.45, 2.75) is 72.0 Å². The first-order valence-corrected chi connectivity index (χ1v) is 13.2. The Balaban J connectivity index is 1.63. The van der Waals surface area contributed by atoms with Gasteiger partial charge in [-0.05, 0) is 35.8 Å². The van der Waals surface area contributed by atoms with Gasteiger partial charge in [0.15, 0.2) is 0 Å². The van der Waals surface area contributed by atoms with Crippen LogP contribution in [0.2, 0.25) is 0 Å². The molecule has 1 unspecified atom stereocenters. The van der Waals surface area contributed by atoms with Crippen LogP contribution in [0.3, 0.4) is 0 Å². The van der Waals surface area contributed by atoms with Gasteiger partial charge < -0.3 is 20.1 Å². The molecule has 3 atom stereocenters. The second-order valence-electron chi connectivity index (χ2n) is 10.4. The van der Waals surface area contributed by atoms with Crippen molar-refractivity contribution < 1.29 is 28.7 Å². The Kier molecular flexibility index (Phi) is 10.9. The molecule has 10 heteroatoms. The molecule has 0 spiro atoms. The summed E-state index contributed by atoms with van der Waals surface area (Å²) in [6.45, 7) is 7.99. The average molecular weight is 539 g/mol. The number of hydrazine groups is 1. The molecular formula is C29H38N4O6. The number of amides is 3. The maximum absolute atomic E-state index is 13.4. The first-order valence-electron chi connectivity index (χ1n) is 13.2. The van der Waals surface area contributed by atoms with E-state index >= 15 is 0 Å². The van der Waals surface area contributed by atoms with Gasteiger partial charge >= 0.3 is 12.2 Å². The lowest BCUT2D eigenvalue weighted by atomic mass is 9.97. The fourth-order valence-corrected chi connectivity index (χ4v) is 4.17. The summed E-state index contributed by atoms with van der Waals surface area (Å²) in [6.07, 6.45) is -1.97. The Labute approximate surface area is 229 Å². The number of hydrogen-bond donors (Lipinski definition) is 3. The minimum Gasteiger partial charge on any atom is -0.445 e. The predicted octanol–water partition coefficient (Wildman–Crippen LogP) is 3.91. The van der Waals surface area contributed by atoms with E-state index in [2.05, 4.69) is 16.1 Å². The summed E-state index contributed by atoms with van der Waals surface area (Å²) in [6, 6.07) is 16.7. The molecule has 10 nitrogen and oxygen atoms in total. The number of ether oxygens (including phenoxy) is 2. The second kappa shape index (κ2) is 14.3. The summed E-state index contributed by atoms with van der Waals surface area (Å²) in [4.78, 5) is 51.6. The molecule has 0 saturated carbocycles. The molecule has 0 aliphatic carbocycles. The molecule has 1 aliphatic heterocycles. The molecule has 39 heavy (non-hydrogen) atoms. The molecule has 1 fully saturated rings. The Morgan fingerprint density at radius 3 is 2.03 bits per heavy atom. The van der Waals surface area contributed by atoms with Crippen LogP contribution in [-0.2, 0) is 32.2 Å². The van der Waals surface area contributed by atoms with Crippen LogP contribution in [0.25, 0.3) is 0 Å². The number of alkyl carbamates (subject to hydrolysis) is 1. The van der Waals surface area contributed by atoms with Gasteiger partial charge in [0.2, 0.25) is 17.9 Å². The van der Waals surface area contributed by atoms with Gasteiger partial charge in [-0.3, -0.25) is 9.59 Å². The highest BCUT2D eigenvalue weighted by Crippen LogP contribution is 2.16. The number of carbonyl (C=O) groups is 4. The average Bonchev–Trinajstić information content (AvgIpc) is 3.26. The minimum absolute atomic E-state index is 0.0594. The van der Waals surface area contributed by atoms with E-state index in [1.807, 2.05) is 88.4 Å². The third kappa shape index (κ3) is 9.40. The van der Waals surface area contributed by atoms with Crippen molar-refractivity contribution in [2.24, 2.45) is 11.8 Å². The number of Topliss-reactive ketones (excluding diaryl/α,β-unsaturated/α-hetero) is 1. The highest BCUT2D eigenvalue weighted by Gasteiger charge is 2.40. The molecule has 0 radical (unpaired) electrons. The molecule has 3 N–H and O–H groups in total. The standard InChI is InChI=1S/C29H38N4O6/c1-19(2)15-23(25(34)27-32-33(29(37)39-27)17-21-11-7-5-8-12-21)30-26(35)24(16-20(3)4)31-28(36)38-18-22-13-9-6-10-14-22/h5-14,19-20,23-24,27,32H,15-18H2,1-4H3,(H,30,35)(H,31,36)/t23-,24-,27?/m0/s1. The van der Waals surface area contributed by atoms with Crippen molar-refractivity contribution in [3.05, 3.63) is 71.8 Å². The van der Waals surface area contributed by atoms with Gasteiger partial charge in [0, 0.05) is 0 Å². The third-order valence-electron chi connectivity index (χ3n) is 6.05. The molecule has 0 bridgehead atoms. The van der Waals surface area contributed by atoms with Crippen molar-refractivity contribution in [1.82, 2.24) is 21.1 Å². The van der Waals surface area contributed by atoms with Crippen LogP contribution in [0.4, 0.5) is 9.59 Å². The van der Waals surface area contributed by atoms with E-state index in [1.165, 1.54) is 5.01 Å². The lowest BCUT2D eigenvalue weighted by Gasteiger charge is -2.25. The Morgan fingerprint density at radius 1 is 0.872 bits per heavy atom. The van der Waals surface area contributed by atoms with E-state index < -0.39 is 42.2 Å². The summed E-state index contributed by atoms with van der Waals surface area (Å²) in [5, 5.41) is 6.65.